The van der Waals surface area contributed by atoms with E-state index in [1.165, 1.54) is 0 Å². The summed E-state index contributed by atoms with van der Waals surface area (Å²) < 4.78 is 0. The number of hydrogen-bond donors (Lipinski definition) is 1. The molecule has 0 saturated carbocycles. The summed E-state index contributed by atoms with van der Waals surface area (Å²) >= 11 is 0. The Bertz CT molecular complexity index is 382. The SMILES string of the molecule is N#Cc1ccc(N2CCC[C@@H](CO)C2)nc1. The van der Waals surface area contributed by atoms with Crippen LogP contribution >= 0.6 is 0 Å². The highest BCUT2D eigenvalue weighted by Gasteiger charge is 2.19. The van der Waals surface area contributed by atoms with Gasteiger partial charge in [-0.05, 0) is 30.9 Å². The molecule has 1 N–H and O–H groups in total. The van der Waals surface area contributed by atoms with Crippen molar-refractivity contribution in [1.29, 1.82) is 5.26 Å². The monoisotopic (exact) mass is 217 g/mol. The van der Waals surface area contributed by atoms with Crippen LogP contribution in [0.15, 0.2) is 18.3 Å². The normalized spacial score (nSPS) is 20.5. The maximum Gasteiger partial charge on any atom is 0.128 e. The summed E-state index contributed by atoms with van der Waals surface area (Å²) in [5, 5.41) is 17.8. The fourth-order valence-electron chi connectivity index (χ4n) is 2.06. The smallest absolute Gasteiger partial charge is 0.128 e. The first-order valence-corrected chi connectivity index (χ1v) is 5.55. The first kappa shape index (κ1) is 10.9. The summed E-state index contributed by atoms with van der Waals surface area (Å²) in [5.41, 5.74) is 0.583. The van der Waals surface area contributed by atoms with Gasteiger partial charge in [0.15, 0.2) is 0 Å². The van der Waals surface area contributed by atoms with Gasteiger partial charge in [0, 0.05) is 25.9 Å². The second kappa shape index (κ2) is 4.95. The van der Waals surface area contributed by atoms with Gasteiger partial charge in [-0.2, -0.15) is 5.26 Å². The van der Waals surface area contributed by atoms with Crippen LogP contribution in [-0.4, -0.2) is 29.8 Å². The van der Waals surface area contributed by atoms with E-state index in [4.69, 9.17) is 10.4 Å². The zero-order chi connectivity index (χ0) is 11.4. The fraction of sp³-hybridized carbons (Fsp3) is 0.500. The number of nitrogens with zero attached hydrogens (tertiary/aromatic N) is 3. The molecule has 2 rings (SSSR count). The molecule has 16 heavy (non-hydrogen) atoms. The molecule has 4 nitrogen and oxygen atoms in total. The zero-order valence-electron chi connectivity index (χ0n) is 9.13. The highest BCUT2D eigenvalue weighted by Crippen LogP contribution is 2.21. The van der Waals surface area contributed by atoms with Gasteiger partial charge in [0.1, 0.15) is 11.9 Å². The van der Waals surface area contributed by atoms with Crippen LogP contribution in [0.4, 0.5) is 5.82 Å². The summed E-state index contributed by atoms with van der Waals surface area (Å²) in [7, 11) is 0. The molecule has 1 fully saturated rings. The topological polar surface area (TPSA) is 60.2 Å². The third kappa shape index (κ3) is 2.31. The van der Waals surface area contributed by atoms with Crippen molar-refractivity contribution in [2.75, 3.05) is 24.6 Å². The summed E-state index contributed by atoms with van der Waals surface area (Å²) in [6, 6.07) is 5.71. The van der Waals surface area contributed by atoms with Crippen LogP contribution in [0.25, 0.3) is 0 Å². The number of aliphatic hydroxyl groups excluding tert-OH is 1. The average molecular weight is 217 g/mol. The summed E-state index contributed by atoms with van der Waals surface area (Å²) in [6.45, 7) is 2.08. The van der Waals surface area contributed by atoms with E-state index < -0.39 is 0 Å². The van der Waals surface area contributed by atoms with Crippen molar-refractivity contribution < 1.29 is 5.11 Å². The number of anilines is 1. The van der Waals surface area contributed by atoms with Crippen LogP contribution in [0.2, 0.25) is 0 Å². The van der Waals surface area contributed by atoms with E-state index in [-0.39, 0.29) is 6.61 Å². The van der Waals surface area contributed by atoms with Crippen molar-refractivity contribution in [2.45, 2.75) is 12.8 Å². The summed E-state index contributed by atoms with van der Waals surface area (Å²) in [5.74, 6) is 1.25. The maximum atomic E-state index is 9.15. The largest absolute Gasteiger partial charge is 0.396 e. The first-order chi connectivity index (χ1) is 7.83. The number of piperidine rings is 1. The highest BCUT2D eigenvalue weighted by molar-refractivity contribution is 5.42. The van der Waals surface area contributed by atoms with E-state index in [1.54, 1.807) is 12.3 Å². The number of aromatic nitrogens is 1. The Morgan fingerprint density at radius 3 is 3.06 bits per heavy atom. The molecule has 0 spiro atoms. The summed E-state index contributed by atoms with van der Waals surface area (Å²) in [4.78, 5) is 6.44. The van der Waals surface area contributed by atoms with Crippen molar-refractivity contribution >= 4 is 5.82 Å². The second-order valence-corrected chi connectivity index (χ2v) is 4.15. The van der Waals surface area contributed by atoms with Gasteiger partial charge in [0.2, 0.25) is 0 Å². The lowest BCUT2D eigenvalue weighted by molar-refractivity contribution is 0.208. The fourth-order valence-corrected chi connectivity index (χ4v) is 2.06. The van der Waals surface area contributed by atoms with Crippen molar-refractivity contribution in [1.82, 2.24) is 4.98 Å². The molecular weight excluding hydrogens is 202 g/mol. The molecule has 2 heterocycles. The average Bonchev–Trinajstić information content (AvgIpc) is 2.39. The molecule has 1 atom stereocenters. The van der Waals surface area contributed by atoms with E-state index in [0.717, 1.165) is 31.7 Å². The lowest BCUT2D eigenvalue weighted by Crippen LogP contribution is -2.37. The molecule has 0 unspecified atom stereocenters. The molecule has 4 heteroatoms. The van der Waals surface area contributed by atoms with Gasteiger partial charge in [-0.3, -0.25) is 0 Å². The Morgan fingerprint density at radius 1 is 1.56 bits per heavy atom. The minimum Gasteiger partial charge on any atom is -0.396 e. The van der Waals surface area contributed by atoms with E-state index in [0.29, 0.717) is 11.5 Å². The Labute approximate surface area is 95.1 Å². The van der Waals surface area contributed by atoms with Gasteiger partial charge in [0.25, 0.3) is 0 Å². The number of nitriles is 1. The van der Waals surface area contributed by atoms with E-state index >= 15 is 0 Å². The molecule has 0 bridgehead atoms. The van der Waals surface area contributed by atoms with Gasteiger partial charge in [-0.15, -0.1) is 0 Å². The predicted octanol–water partition coefficient (Wildman–Crippen LogP) is 1.16. The molecule has 0 aliphatic carbocycles. The molecule has 84 valence electrons. The lowest BCUT2D eigenvalue weighted by atomic mass is 9.99. The molecule has 1 aliphatic heterocycles. The lowest BCUT2D eigenvalue weighted by Gasteiger charge is -2.32. The van der Waals surface area contributed by atoms with Crippen molar-refractivity contribution in [3.63, 3.8) is 0 Å². The second-order valence-electron chi connectivity index (χ2n) is 4.15. The molecule has 0 amide bonds. The predicted molar refractivity (Wildman–Crippen MR) is 61.0 cm³/mol. The van der Waals surface area contributed by atoms with Crippen molar-refractivity contribution in [3.8, 4) is 6.07 Å². The third-order valence-electron chi connectivity index (χ3n) is 2.98. The molecular formula is C12H15N3O. The van der Waals surface area contributed by atoms with Crippen LogP contribution in [0.3, 0.4) is 0 Å². The van der Waals surface area contributed by atoms with Crippen molar-refractivity contribution in [3.05, 3.63) is 23.9 Å². The highest BCUT2D eigenvalue weighted by atomic mass is 16.3. The Balaban J connectivity index is 2.08. The van der Waals surface area contributed by atoms with Crippen LogP contribution in [0.1, 0.15) is 18.4 Å². The van der Waals surface area contributed by atoms with E-state index in [1.807, 2.05) is 6.07 Å². The number of aliphatic hydroxyl groups is 1. The van der Waals surface area contributed by atoms with Crippen LogP contribution < -0.4 is 4.90 Å². The number of pyridine rings is 1. The van der Waals surface area contributed by atoms with Gasteiger partial charge in [0.05, 0.1) is 5.56 Å². The molecule has 1 aromatic rings. The molecule has 1 aromatic heterocycles. The van der Waals surface area contributed by atoms with E-state index in [2.05, 4.69) is 16.0 Å². The van der Waals surface area contributed by atoms with Gasteiger partial charge >= 0.3 is 0 Å². The number of hydrogen-bond acceptors (Lipinski definition) is 4. The molecule has 1 aliphatic rings. The number of rotatable bonds is 2. The molecule has 0 radical (unpaired) electrons. The zero-order valence-corrected chi connectivity index (χ0v) is 9.13. The minimum atomic E-state index is 0.243. The van der Waals surface area contributed by atoms with Gasteiger partial charge in [-0.1, -0.05) is 0 Å². The van der Waals surface area contributed by atoms with E-state index in [9.17, 15) is 0 Å². The maximum absolute atomic E-state index is 9.15. The van der Waals surface area contributed by atoms with Crippen LogP contribution in [0.5, 0.6) is 0 Å². The van der Waals surface area contributed by atoms with Crippen molar-refractivity contribution in [2.24, 2.45) is 5.92 Å². The molecule has 1 saturated heterocycles. The quantitative estimate of drug-likeness (QED) is 0.807. The Morgan fingerprint density at radius 2 is 2.44 bits per heavy atom. The van der Waals surface area contributed by atoms with Crippen LogP contribution in [0, 0.1) is 17.2 Å². The summed E-state index contributed by atoms with van der Waals surface area (Å²) in [6.07, 6.45) is 3.77. The Kier molecular flexibility index (Phi) is 3.37. The molecule has 0 aromatic carbocycles. The standard InChI is InChI=1S/C12H15N3O/c13-6-10-3-4-12(14-7-10)15-5-1-2-11(8-15)9-16/h3-4,7,11,16H,1-2,5,8-9H2/t11-/m1/s1. The Hall–Kier alpha value is -1.60. The van der Waals surface area contributed by atoms with Gasteiger partial charge < -0.3 is 10.0 Å². The van der Waals surface area contributed by atoms with Crippen LogP contribution in [-0.2, 0) is 0 Å². The third-order valence-corrected chi connectivity index (χ3v) is 2.98. The van der Waals surface area contributed by atoms with Gasteiger partial charge in [-0.25, -0.2) is 4.98 Å². The first-order valence-electron chi connectivity index (χ1n) is 5.55. The minimum absolute atomic E-state index is 0.243.